The van der Waals surface area contributed by atoms with E-state index >= 15 is 0 Å². The van der Waals surface area contributed by atoms with Gasteiger partial charge in [0.05, 0.1) is 17.3 Å². The predicted octanol–water partition coefficient (Wildman–Crippen LogP) is 5.25. The van der Waals surface area contributed by atoms with Gasteiger partial charge in [-0.2, -0.15) is 5.26 Å². The van der Waals surface area contributed by atoms with Crippen molar-refractivity contribution < 1.29 is 0 Å². The summed E-state index contributed by atoms with van der Waals surface area (Å²) in [5.41, 5.74) is 5.51. The molecule has 2 aliphatic rings. The molecule has 2 aromatic carbocycles. The van der Waals surface area contributed by atoms with Crippen LogP contribution in [-0.2, 0) is 12.8 Å². The Labute approximate surface area is 175 Å². The first kappa shape index (κ1) is 18.2. The number of aromatic nitrogens is 2. The Morgan fingerprint density at radius 1 is 1.07 bits per heavy atom. The van der Waals surface area contributed by atoms with Gasteiger partial charge < -0.3 is 4.90 Å². The molecule has 1 atom stereocenters. The minimum absolute atomic E-state index is 0.528. The molecule has 144 valence electrons. The summed E-state index contributed by atoms with van der Waals surface area (Å²) in [6.07, 6.45) is 4.50. The quantitative estimate of drug-likeness (QED) is 0.600. The van der Waals surface area contributed by atoms with Crippen LogP contribution in [0.5, 0.6) is 0 Å². The first-order valence-electron chi connectivity index (χ1n) is 10.2. The highest BCUT2D eigenvalue weighted by Gasteiger charge is 2.29. The zero-order valence-electron chi connectivity index (χ0n) is 16.4. The highest BCUT2D eigenvalue weighted by atomic mass is 32.2. The van der Waals surface area contributed by atoms with E-state index in [4.69, 9.17) is 15.2 Å². The van der Waals surface area contributed by atoms with Crippen molar-refractivity contribution in [2.24, 2.45) is 0 Å². The Hall–Kier alpha value is -2.84. The van der Waals surface area contributed by atoms with E-state index in [1.54, 1.807) is 11.8 Å². The van der Waals surface area contributed by atoms with E-state index in [0.717, 1.165) is 42.3 Å². The fourth-order valence-corrected chi connectivity index (χ4v) is 4.92. The molecule has 1 aliphatic heterocycles. The number of nitriles is 1. The maximum atomic E-state index is 8.98. The minimum atomic E-state index is 0.528. The van der Waals surface area contributed by atoms with Crippen LogP contribution >= 0.6 is 11.8 Å². The van der Waals surface area contributed by atoms with Crippen molar-refractivity contribution in [3.63, 3.8) is 0 Å². The van der Waals surface area contributed by atoms with E-state index in [9.17, 15) is 0 Å². The molecule has 2 heterocycles. The molecule has 1 aromatic heterocycles. The van der Waals surface area contributed by atoms with Crippen LogP contribution in [0, 0.1) is 11.3 Å². The Morgan fingerprint density at radius 3 is 2.66 bits per heavy atom. The van der Waals surface area contributed by atoms with Crippen molar-refractivity contribution in [1.82, 2.24) is 9.97 Å². The summed E-state index contributed by atoms with van der Waals surface area (Å²) in [6, 6.07) is 19.1. The van der Waals surface area contributed by atoms with Gasteiger partial charge >= 0.3 is 0 Å². The maximum absolute atomic E-state index is 8.98. The summed E-state index contributed by atoms with van der Waals surface area (Å²) in [4.78, 5) is 14.6. The monoisotopic (exact) mass is 398 g/mol. The summed E-state index contributed by atoms with van der Waals surface area (Å²) in [7, 11) is 0. The van der Waals surface area contributed by atoms with E-state index in [1.807, 2.05) is 24.3 Å². The van der Waals surface area contributed by atoms with Gasteiger partial charge in [-0.1, -0.05) is 23.9 Å². The second-order valence-corrected chi connectivity index (χ2v) is 8.90. The molecule has 4 nitrogen and oxygen atoms in total. The molecular formula is C24H22N4S. The minimum Gasteiger partial charge on any atom is -0.338 e. The molecule has 3 aromatic rings. The molecule has 0 unspecified atom stereocenters. The summed E-state index contributed by atoms with van der Waals surface area (Å²) in [5, 5.41) is 8.98. The second-order valence-electron chi connectivity index (χ2n) is 7.75. The predicted molar refractivity (Wildman–Crippen MR) is 116 cm³/mol. The molecule has 0 amide bonds. The van der Waals surface area contributed by atoms with Crippen LogP contribution in [0.2, 0.25) is 0 Å². The number of hydrogen-bond donors (Lipinski definition) is 0. The second kappa shape index (κ2) is 7.53. The van der Waals surface area contributed by atoms with Gasteiger partial charge in [0.1, 0.15) is 0 Å². The lowest BCUT2D eigenvalue weighted by Crippen LogP contribution is -2.46. The van der Waals surface area contributed by atoms with Gasteiger partial charge in [-0.3, -0.25) is 0 Å². The van der Waals surface area contributed by atoms with Crippen molar-refractivity contribution >= 4 is 17.7 Å². The number of hydrogen-bond acceptors (Lipinski definition) is 5. The molecular weight excluding hydrogens is 376 g/mol. The van der Waals surface area contributed by atoms with E-state index in [-0.39, 0.29) is 0 Å². The highest BCUT2D eigenvalue weighted by Crippen LogP contribution is 2.36. The van der Waals surface area contributed by atoms with Crippen molar-refractivity contribution in [2.75, 3.05) is 11.4 Å². The van der Waals surface area contributed by atoms with Gasteiger partial charge in [0, 0.05) is 39.2 Å². The highest BCUT2D eigenvalue weighted by molar-refractivity contribution is 7.99. The van der Waals surface area contributed by atoms with Crippen LogP contribution in [0.1, 0.15) is 36.6 Å². The first-order chi connectivity index (χ1) is 14.2. The van der Waals surface area contributed by atoms with E-state index < -0.39 is 0 Å². The fourth-order valence-electron chi connectivity index (χ4n) is 4.04. The van der Waals surface area contributed by atoms with Crippen LogP contribution in [0.4, 0.5) is 5.95 Å². The SMILES string of the molecule is C[C@H]1CCN1c1nc2c(c(-c3cccc(Sc4ccc(C#N)cc4)c3)n1)CCC2. The van der Waals surface area contributed by atoms with Crippen LogP contribution in [0.25, 0.3) is 11.3 Å². The van der Waals surface area contributed by atoms with Crippen LogP contribution < -0.4 is 4.90 Å². The zero-order valence-corrected chi connectivity index (χ0v) is 17.2. The molecule has 5 rings (SSSR count). The van der Waals surface area contributed by atoms with Crippen molar-refractivity contribution in [1.29, 1.82) is 5.26 Å². The average Bonchev–Trinajstić information content (AvgIpc) is 3.21. The van der Waals surface area contributed by atoms with Crippen LogP contribution in [0.15, 0.2) is 58.3 Å². The molecule has 1 saturated heterocycles. The largest absolute Gasteiger partial charge is 0.338 e. The van der Waals surface area contributed by atoms with Gasteiger partial charge in [0.15, 0.2) is 0 Å². The maximum Gasteiger partial charge on any atom is 0.226 e. The van der Waals surface area contributed by atoms with Gasteiger partial charge in [0.2, 0.25) is 5.95 Å². The lowest BCUT2D eigenvalue weighted by molar-refractivity contribution is 0.470. The first-order valence-corrected chi connectivity index (χ1v) is 11.0. The van der Waals surface area contributed by atoms with Gasteiger partial charge in [0.25, 0.3) is 0 Å². The molecule has 5 heteroatoms. The van der Waals surface area contributed by atoms with Gasteiger partial charge in [-0.05, 0) is 69.0 Å². The number of benzene rings is 2. The van der Waals surface area contributed by atoms with Gasteiger partial charge in [-0.15, -0.1) is 0 Å². The van der Waals surface area contributed by atoms with Crippen molar-refractivity contribution in [3.05, 3.63) is 65.4 Å². The summed E-state index contributed by atoms with van der Waals surface area (Å²) < 4.78 is 0. The number of rotatable bonds is 4. The standard InChI is InChI=1S/C24H22N4S/c1-16-12-13-28(16)24-26-22-7-3-6-21(22)23(27-24)18-4-2-5-20(14-18)29-19-10-8-17(15-25)9-11-19/h2,4-5,8-11,14,16H,3,6-7,12-13H2,1H3/t16-/m0/s1. The van der Waals surface area contributed by atoms with Gasteiger partial charge in [-0.25, -0.2) is 9.97 Å². The third-order valence-electron chi connectivity index (χ3n) is 5.82. The van der Waals surface area contributed by atoms with Crippen LogP contribution in [-0.4, -0.2) is 22.6 Å². The summed E-state index contributed by atoms with van der Waals surface area (Å²) in [6.45, 7) is 3.29. The topological polar surface area (TPSA) is 52.8 Å². The molecule has 0 bridgehead atoms. The molecule has 29 heavy (non-hydrogen) atoms. The molecule has 1 aliphatic carbocycles. The van der Waals surface area contributed by atoms with Crippen molar-refractivity contribution in [3.8, 4) is 17.3 Å². The Morgan fingerprint density at radius 2 is 1.93 bits per heavy atom. The average molecular weight is 399 g/mol. The normalized spacial score (nSPS) is 17.5. The Bertz CT molecular complexity index is 1100. The smallest absolute Gasteiger partial charge is 0.226 e. The molecule has 1 fully saturated rings. The Balaban J connectivity index is 1.49. The number of nitrogens with zero attached hydrogens (tertiary/aromatic N) is 4. The molecule has 0 spiro atoms. The van der Waals surface area contributed by atoms with E-state index in [2.05, 4.69) is 42.2 Å². The third kappa shape index (κ3) is 3.49. The molecule has 0 radical (unpaired) electrons. The lowest BCUT2D eigenvalue weighted by Gasteiger charge is -2.39. The van der Waals surface area contributed by atoms with E-state index in [1.165, 1.54) is 28.1 Å². The summed E-state index contributed by atoms with van der Waals surface area (Å²) >= 11 is 1.71. The fraction of sp³-hybridized carbons (Fsp3) is 0.292. The third-order valence-corrected chi connectivity index (χ3v) is 6.82. The number of aryl methyl sites for hydroxylation is 1. The number of fused-ring (bicyclic) bond motifs is 1. The van der Waals surface area contributed by atoms with Crippen molar-refractivity contribution in [2.45, 2.75) is 48.4 Å². The lowest BCUT2D eigenvalue weighted by atomic mass is 10.0. The van der Waals surface area contributed by atoms with E-state index in [0.29, 0.717) is 11.6 Å². The molecule has 0 N–H and O–H groups in total. The number of anilines is 1. The summed E-state index contributed by atoms with van der Waals surface area (Å²) in [5.74, 6) is 0.893. The van der Waals surface area contributed by atoms with Crippen LogP contribution in [0.3, 0.4) is 0 Å². The Kier molecular flexibility index (Phi) is 4.73. The molecule has 0 saturated carbocycles. The zero-order chi connectivity index (χ0) is 19.8.